The molecule has 0 amide bonds. The Hall–Kier alpha value is -5.38. The molecule has 10 heteroatoms. The van der Waals surface area contributed by atoms with Crippen LogP contribution in [0.1, 0.15) is 23.7 Å². The van der Waals surface area contributed by atoms with E-state index in [-0.39, 0.29) is 28.9 Å². The lowest BCUT2D eigenvalue weighted by molar-refractivity contribution is -0.140. The highest BCUT2D eigenvalue weighted by Gasteiger charge is 2.31. The van der Waals surface area contributed by atoms with Crippen LogP contribution < -0.4 is 5.43 Å². The number of phenols is 4. The van der Waals surface area contributed by atoms with Crippen molar-refractivity contribution < 1.29 is 43.9 Å². The number of carbonyl (C=O) groups excluding carboxylic acids is 1. The second-order valence-corrected chi connectivity index (χ2v) is 8.75. The fraction of sp³-hybridized carbons (Fsp3) is 0.103. The van der Waals surface area contributed by atoms with E-state index in [0.29, 0.717) is 5.76 Å². The quantitative estimate of drug-likeness (QED) is 0.150. The topological polar surface area (TPSA) is 171 Å². The summed E-state index contributed by atoms with van der Waals surface area (Å²) in [6.45, 7) is 0. The van der Waals surface area contributed by atoms with Crippen molar-refractivity contribution >= 4 is 16.9 Å². The fourth-order valence-electron chi connectivity index (χ4n) is 4.43. The van der Waals surface area contributed by atoms with Gasteiger partial charge in [-0.05, 0) is 30.3 Å². The van der Waals surface area contributed by atoms with Crippen molar-refractivity contribution in [3.8, 4) is 51.4 Å². The first kappa shape index (κ1) is 25.3. The molecule has 0 aliphatic rings. The van der Waals surface area contributed by atoms with Crippen LogP contribution in [0.3, 0.4) is 0 Å². The number of fused-ring (bicyclic) bond motifs is 1. The van der Waals surface area contributed by atoms with Gasteiger partial charge in [0.05, 0.1) is 19.4 Å². The van der Waals surface area contributed by atoms with Crippen molar-refractivity contribution in [2.45, 2.75) is 12.3 Å². The van der Waals surface area contributed by atoms with Crippen LogP contribution in [0, 0.1) is 0 Å². The molecule has 3 aromatic carbocycles. The highest BCUT2D eigenvalue weighted by molar-refractivity contribution is 5.92. The number of ether oxygens (including phenoxy) is 1. The zero-order chi connectivity index (χ0) is 27.8. The molecule has 0 saturated heterocycles. The van der Waals surface area contributed by atoms with E-state index in [9.17, 15) is 35.1 Å². The first-order valence-corrected chi connectivity index (χ1v) is 11.7. The maximum atomic E-state index is 13.2. The van der Waals surface area contributed by atoms with Gasteiger partial charge in [0.25, 0.3) is 0 Å². The number of phenolic OH excluding ortho intramolecular Hbond substituents is 4. The van der Waals surface area contributed by atoms with E-state index in [1.165, 1.54) is 13.2 Å². The van der Waals surface area contributed by atoms with E-state index in [1.54, 1.807) is 12.1 Å². The summed E-state index contributed by atoms with van der Waals surface area (Å²) >= 11 is 0. The summed E-state index contributed by atoms with van der Waals surface area (Å²) < 4.78 is 16.8. The zero-order valence-electron chi connectivity index (χ0n) is 20.4. The number of rotatable bonds is 6. The third kappa shape index (κ3) is 4.48. The highest BCUT2D eigenvalue weighted by Crippen LogP contribution is 2.45. The van der Waals surface area contributed by atoms with Crippen molar-refractivity contribution in [2.75, 3.05) is 7.11 Å². The van der Waals surface area contributed by atoms with Crippen LogP contribution in [0.4, 0.5) is 0 Å². The first-order valence-electron chi connectivity index (χ1n) is 11.7. The Morgan fingerprint density at radius 3 is 2.26 bits per heavy atom. The fourth-order valence-corrected chi connectivity index (χ4v) is 4.43. The van der Waals surface area contributed by atoms with Crippen molar-refractivity contribution in [1.82, 2.24) is 0 Å². The van der Waals surface area contributed by atoms with E-state index in [0.717, 1.165) is 23.8 Å². The molecule has 5 aromatic rings. The number of esters is 1. The Morgan fingerprint density at radius 1 is 0.821 bits per heavy atom. The molecular weight excluding hydrogens is 508 g/mol. The summed E-state index contributed by atoms with van der Waals surface area (Å²) in [5.41, 5.74) is -0.664. The van der Waals surface area contributed by atoms with Crippen LogP contribution in [0.15, 0.2) is 80.4 Å². The van der Waals surface area contributed by atoms with Gasteiger partial charge in [-0.25, -0.2) is 0 Å². The lowest BCUT2D eigenvalue weighted by Crippen LogP contribution is -2.12. The van der Waals surface area contributed by atoms with Crippen LogP contribution in [0.25, 0.3) is 33.6 Å². The van der Waals surface area contributed by atoms with E-state index in [4.69, 9.17) is 13.6 Å². The molecule has 0 fully saturated rings. The van der Waals surface area contributed by atoms with Gasteiger partial charge in [0, 0.05) is 22.8 Å². The Morgan fingerprint density at radius 2 is 1.56 bits per heavy atom. The van der Waals surface area contributed by atoms with Gasteiger partial charge in [0.2, 0.25) is 11.2 Å². The molecule has 5 N–H and O–H groups in total. The summed E-state index contributed by atoms with van der Waals surface area (Å²) in [4.78, 5) is 25.7. The van der Waals surface area contributed by atoms with E-state index in [2.05, 4.69) is 0 Å². The SMILES string of the molecule is COC(=O)C[C@H](c1ccc(-c2ccccc2)o1)c1c(O)cc(O)c2c(=O)c(O)c(-c3ccc(O)c(O)c3)oc12. The van der Waals surface area contributed by atoms with Crippen LogP contribution >= 0.6 is 0 Å². The minimum atomic E-state index is -1.05. The third-order valence-corrected chi connectivity index (χ3v) is 6.35. The van der Waals surface area contributed by atoms with Gasteiger partial charge in [-0.1, -0.05) is 30.3 Å². The van der Waals surface area contributed by atoms with Crippen LogP contribution in [0.5, 0.6) is 28.7 Å². The van der Waals surface area contributed by atoms with Crippen LogP contribution in [-0.2, 0) is 9.53 Å². The van der Waals surface area contributed by atoms with Crippen molar-refractivity contribution in [3.05, 3.63) is 88.3 Å². The maximum absolute atomic E-state index is 13.2. The van der Waals surface area contributed by atoms with E-state index >= 15 is 0 Å². The molecule has 1 atom stereocenters. The molecule has 10 nitrogen and oxygen atoms in total. The Kier molecular flexibility index (Phi) is 6.37. The Labute approximate surface area is 220 Å². The van der Waals surface area contributed by atoms with Gasteiger partial charge in [-0.3, -0.25) is 9.59 Å². The minimum Gasteiger partial charge on any atom is -0.507 e. The van der Waals surface area contributed by atoms with E-state index in [1.807, 2.05) is 30.3 Å². The molecule has 0 spiro atoms. The molecule has 2 heterocycles. The summed E-state index contributed by atoms with van der Waals surface area (Å²) in [5, 5.41) is 51.3. The minimum absolute atomic E-state index is 0.0180. The Bertz CT molecular complexity index is 1770. The molecule has 0 radical (unpaired) electrons. The van der Waals surface area contributed by atoms with Gasteiger partial charge in [-0.2, -0.15) is 0 Å². The lowest BCUT2D eigenvalue weighted by Gasteiger charge is -2.18. The summed E-state index contributed by atoms with van der Waals surface area (Å²) in [6.07, 6.45) is -0.342. The average Bonchev–Trinajstić information content (AvgIpc) is 3.42. The van der Waals surface area contributed by atoms with Gasteiger partial charge < -0.3 is 39.1 Å². The number of hydrogen-bond donors (Lipinski definition) is 5. The summed E-state index contributed by atoms with van der Waals surface area (Å²) in [7, 11) is 1.19. The van der Waals surface area contributed by atoms with Gasteiger partial charge in [0.15, 0.2) is 17.3 Å². The number of benzene rings is 3. The monoisotopic (exact) mass is 530 g/mol. The number of hydrogen-bond acceptors (Lipinski definition) is 10. The number of carbonyl (C=O) groups is 1. The Balaban J connectivity index is 1.78. The maximum Gasteiger partial charge on any atom is 0.306 e. The van der Waals surface area contributed by atoms with E-state index < -0.39 is 57.2 Å². The number of aromatic hydroxyl groups is 5. The molecule has 0 aliphatic heterocycles. The molecule has 0 aliphatic carbocycles. The lowest BCUT2D eigenvalue weighted by atomic mass is 9.90. The van der Waals surface area contributed by atoms with Gasteiger partial charge in [0.1, 0.15) is 34.0 Å². The van der Waals surface area contributed by atoms with Gasteiger partial charge >= 0.3 is 5.97 Å². The third-order valence-electron chi connectivity index (χ3n) is 6.35. The first-order chi connectivity index (χ1) is 18.7. The molecule has 39 heavy (non-hydrogen) atoms. The van der Waals surface area contributed by atoms with Crippen molar-refractivity contribution in [1.29, 1.82) is 0 Å². The number of furan rings is 1. The summed E-state index contributed by atoms with van der Waals surface area (Å²) in [6, 6.07) is 16.8. The second-order valence-electron chi connectivity index (χ2n) is 8.75. The van der Waals surface area contributed by atoms with Crippen molar-refractivity contribution in [2.24, 2.45) is 0 Å². The molecular formula is C29H22O10. The standard InChI is InChI=1S/C29H22O10/c1-37-23(34)12-16(22-10-9-21(38-22)14-5-3-2-4-6-14)24-19(32)13-20(33)25-26(35)27(36)28(39-29(24)25)15-7-8-17(30)18(31)11-15/h2-11,13,16,30-33,36H,12H2,1H3/t16-/m1/s1. The summed E-state index contributed by atoms with van der Waals surface area (Å²) in [5.74, 6) is -4.47. The molecule has 0 bridgehead atoms. The molecule has 198 valence electrons. The van der Waals surface area contributed by atoms with Crippen LogP contribution in [-0.4, -0.2) is 38.6 Å². The predicted octanol–water partition coefficient (Wildman–Crippen LogP) is 4.94. The van der Waals surface area contributed by atoms with Crippen molar-refractivity contribution in [3.63, 3.8) is 0 Å². The van der Waals surface area contributed by atoms with Crippen LogP contribution in [0.2, 0.25) is 0 Å². The highest BCUT2D eigenvalue weighted by atomic mass is 16.5. The largest absolute Gasteiger partial charge is 0.507 e. The normalized spacial score (nSPS) is 11.9. The molecule has 0 saturated carbocycles. The zero-order valence-corrected chi connectivity index (χ0v) is 20.4. The van der Waals surface area contributed by atoms with Gasteiger partial charge in [-0.15, -0.1) is 0 Å². The molecule has 0 unspecified atom stereocenters. The predicted molar refractivity (Wildman–Crippen MR) is 139 cm³/mol. The number of methoxy groups -OCH3 is 1. The average molecular weight is 530 g/mol. The smallest absolute Gasteiger partial charge is 0.306 e. The second kappa shape index (κ2) is 9.82. The molecule has 5 rings (SSSR count). The molecule has 2 aromatic heterocycles.